The van der Waals surface area contributed by atoms with Crippen LogP contribution in [-0.2, 0) is 14.8 Å². The molecule has 0 aromatic heterocycles. The number of carbonyl (C=O) groups excluding carboxylic acids is 1. The standard InChI is InChI=1S/C21H32N2O3S/c1-14-13-15(2)17(4)20(16(14)3)27(25,26)23-11-9-18(10-12-23)21(24)22-19-7-5-6-8-19/h13,18-19H,5-12H2,1-4H3,(H,22,24). The summed E-state index contributed by atoms with van der Waals surface area (Å²) in [4.78, 5) is 13.0. The molecular weight excluding hydrogens is 360 g/mol. The number of benzene rings is 1. The van der Waals surface area contributed by atoms with E-state index in [0.717, 1.165) is 35.1 Å². The molecule has 1 aromatic rings. The lowest BCUT2D eigenvalue weighted by atomic mass is 9.97. The second-order valence-electron chi connectivity index (χ2n) is 8.26. The Kier molecular flexibility index (Phi) is 5.96. The van der Waals surface area contributed by atoms with Crippen LogP contribution in [0.3, 0.4) is 0 Å². The lowest BCUT2D eigenvalue weighted by Gasteiger charge is -2.32. The molecule has 2 fully saturated rings. The van der Waals surface area contributed by atoms with Gasteiger partial charge >= 0.3 is 0 Å². The third-order valence-corrected chi connectivity index (χ3v) is 8.59. The predicted octanol–water partition coefficient (Wildman–Crippen LogP) is 3.38. The van der Waals surface area contributed by atoms with Gasteiger partial charge in [-0.15, -0.1) is 0 Å². The molecule has 1 amide bonds. The van der Waals surface area contributed by atoms with Crippen molar-refractivity contribution in [1.29, 1.82) is 0 Å². The fourth-order valence-electron chi connectivity index (χ4n) is 4.44. The van der Waals surface area contributed by atoms with Crippen molar-refractivity contribution in [2.24, 2.45) is 5.92 Å². The molecule has 0 radical (unpaired) electrons. The quantitative estimate of drug-likeness (QED) is 0.854. The molecule has 1 aromatic carbocycles. The van der Waals surface area contributed by atoms with Gasteiger partial charge in [0.15, 0.2) is 0 Å². The van der Waals surface area contributed by atoms with Crippen LogP contribution in [0, 0.1) is 33.6 Å². The second-order valence-corrected chi connectivity index (χ2v) is 10.1. The highest BCUT2D eigenvalue weighted by molar-refractivity contribution is 7.89. The number of nitrogens with one attached hydrogen (secondary N) is 1. The molecule has 150 valence electrons. The van der Waals surface area contributed by atoms with Crippen molar-refractivity contribution in [3.63, 3.8) is 0 Å². The van der Waals surface area contributed by atoms with E-state index in [-0.39, 0.29) is 11.8 Å². The van der Waals surface area contributed by atoms with E-state index < -0.39 is 10.0 Å². The second kappa shape index (κ2) is 7.92. The Morgan fingerprint density at radius 1 is 0.963 bits per heavy atom. The summed E-state index contributed by atoms with van der Waals surface area (Å²) in [6.45, 7) is 8.52. The molecule has 0 atom stereocenters. The van der Waals surface area contributed by atoms with Gasteiger partial charge in [-0.25, -0.2) is 8.42 Å². The minimum absolute atomic E-state index is 0.0708. The van der Waals surface area contributed by atoms with Gasteiger partial charge in [-0.3, -0.25) is 4.79 Å². The fraction of sp³-hybridized carbons (Fsp3) is 0.667. The summed E-state index contributed by atoms with van der Waals surface area (Å²) in [6, 6.07) is 2.36. The Hall–Kier alpha value is -1.40. The summed E-state index contributed by atoms with van der Waals surface area (Å²) < 4.78 is 28.2. The number of carbonyl (C=O) groups is 1. The highest BCUT2D eigenvalue weighted by Crippen LogP contribution is 2.31. The van der Waals surface area contributed by atoms with E-state index in [0.29, 0.717) is 36.9 Å². The van der Waals surface area contributed by atoms with Gasteiger partial charge in [0.25, 0.3) is 0 Å². The number of piperidine rings is 1. The Morgan fingerprint density at radius 3 is 2.00 bits per heavy atom. The van der Waals surface area contributed by atoms with E-state index in [2.05, 4.69) is 5.32 Å². The Balaban J connectivity index is 1.71. The summed E-state index contributed by atoms with van der Waals surface area (Å²) in [6.07, 6.45) is 5.72. The van der Waals surface area contributed by atoms with Crippen LogP contribution >= 0.6 is 0 Å². The largest absolute Gasteiger partial charge is 0.353 e. The number of aryl methyl sites for hydroxylation is 2. The van der Waals surface area contributed by atoms with Crippen LogP contribution in [-0.4, -0.2) is 37.8 Å². The lowest BCUT2D eigenvalue weighted by molar-refractivity contribution is -0.126. The molecule has 0 spiro atoms. The first-order valence-corrected chi connectivity index (χ1v) is 11.5. The van der Waals surface area contributed by atoms with Crippen LogP contribution in [0.4, 0.5) is 0 Å². The monoisotopic (exact) mass is 392 g/mol. The van der Waals surface area contributed by atoms with Crippen LogP contribution < -0.4 is 5.32 Å². The summed E-state index contributed by atoms with van der Waals surface area (Å²) >= 11 is 0. The molecule has 6 heteroatoms. The summed E-state index contributed by atoms with van der Waals surface area (Å²) in [5.74, 6) is 0.0381. The zero-order valence-corrected chi connectivity index (χ0v) is 17.8. The van der Waals surface area contributed by atoms with E-state index in [4.69, 9.17) is 0 Å². The van der Waals surface area contributed by atoms with Crippen molar-refractivity contribution in [3.8, 4) is 0 Å². The normalized spacial score (nSPS) is 20.1. The molecule has 1 aliphatic heterocycles. The average Bonchev–Trinajstić information content (AvgIpc) is 3.13. The third kappa shape index (κ3) is 4.06. The number of hydrogen-bond donors (Lipinski definition) is 1. The van der Waals surface area contributed by atoms with E-state index in [9.17, 15) is 13.2 Å². The fourth-order valence-corrected chi connectivity index (χ4v) is 6.49. The summed E-state index contributed by atoms with van der Waals surface area (Å²) in [5.41, 5.74) is 3.67. The van der Waals surface area contributed by atoms with E-state index in [1.807, 2.05) is 33.8 Å². The first kappa shape index (κ1) is 20.3. The van der Waals surface area contributed by atoms with Crippen LogP contribution in [0.1, 0.15) is 60.8 Å². The molecule has 1 saturated carbocycles. The highest BCUT2D eigenvalue weighted by atomic mass is 32.2. The van der Waals surface area contributed by atoms with Gasteiger partial charge in [-0.05, 0) is 75.6 Å². The van der Waals surface area contributed by atoms with Crippen molar-refractivity contribution < 1.29 is 13.2 Å². The molecule has 5 nitrogen and oxygen atoms in total. The molecule has 2 aliphatic rings. The van der Waals surface area contributed by atoms with Crippen LogP contribution in [0.15, 0.2) is 11.0 Å². The predicted molar refractivity (Wildman–Crippen MR) is 107 cm³/mol. The third-order valence-electron chi connectivity index (χ3n) is 6.42. The maximum atomic E-state index is 13.3. The molecule has 1 saturated heterocycles. The van der Waals surface area contributed by atoms with E-state index >= 15 is 0 Å². The van der Waals surface area contributed by atoms with E-state index in [1.165, 1.54) is 12.8 Å². The minimum atomic E-state index is -3.54. The van der Waals surface area contributed by atoms with Crippen molar-refractivity contribution >= 4 is 15.9 Å². The number of rotatable bonds is 4. The molecule has 1 N–H and O–H groups in total. The summed E-state index contributed by atoms with van der Waals surface area (Å²) in [5, 5.41) is 3.16. The van der Waals surface area contributed by atoms with Gasteiger partial charge in [0.05, 0.1) is 4.90 Å². The lowest BCUT2D eigenvalue weighted by Crippen LogP contribution is -2.45. The molecule has 0 unspecified atom stereocenters. The number of sulfonamides is 1. The average molecular weight is 393 g/mol. The van der Waals surface area contributed by atoms with Gasteiger partial charge in [-0.1, -0.05) is 18.9 Å². The Morgan fingerprint density at radius 2 is 1.48 bits per heavy atom. The maximum Gasteiger partial charge on any atom is 0.243 e. The summed E-state index contributed by atoms with van der Waals surface area (Å²) in [7, 11) is -3.54. The van der Waals surface area contributed by atoms with Crippen molar-refractivity contribution in [1.82, 2.24) is 9.62 Å². The topological polar surface area (TPSA) is 66.5 Å². The molecular formula is C21H32N2O3S. The van der Waals surface area contributed by atoms with Gasteiger partial charge < -0.3 is 5.32 Å². The Labute approximate surface area is 163 Å². The Bertz CT molecular complexity index is 792. The van der Waals surface area contributed by atoms with E-state index in [1.54, 1.807) is 4.31 Å². The molecule has 1 aliphatic carbocycles. The molecule has 1 heterocycles. The minimum Gasteiger partial charge on any atom is -0.353 e. The zero-order chi connectivity index (χ0) is 19.8. The van der Waals surface area contributed by atoms with Crippen molar-refractivity contribution in [2.45, 2.75) is 77.2 Å². The van der Waals surface area contributed by atoms with Crippen LogP contribution in [0.5, 0.6) is 0 Å². The van der Waals surface area contributed by atoms with Gasteiger partial charge in [0.1, 0.15) is 0 Å². The number of amides is 1. The molecule has 0 bridgehead atoms. The smallest absolute Gasteiger partial charge is 0.243 e. The van der Waals surface area contributed by atoms with Crippen LogP contribution in [0.25, 0.3) is 0 Å². The first-order chi connectivity index (χ1) is 12.7. The first-order valence-electron chi connectivity index (χ1n) is 10.1. The van der Waals surface area contributed by atoms with Gasteiger partial charge in [-0.2, -0.15) is 4.31 Å². The van der Waals surface area contributed by atoms with Gasteiger partial charge in [0, 0.05) is 25.0 Å². The SMILES string of the molecule is Cc1cc(C)c(C)c(S(=O)(=O)N2CCC(C(=O)NC3CCCC3)CC2)c1C. The van der Waals surface area contributed by atoms with Crippen molar-refractivity contribution in [3.05, 3.63) is 28.3 Å². The van der Waals surface area contributed by atoms with Gasteiger partial charge in [0.2, 0.25) is 15.9 Å². The van der Waals surface area contributed by atoms with Crippen molar-refractivity contribution in [2.75, 3.05) is 13.1 Å². The number of nitrogens with zero attached hydrogens (tertiary/aromatic N) is 1. The zero-order valence-electron chi connectivity index (χ0n) is 17.0. The maximum absolute atomic E-state index is 13.3. The highest BCUT2D eigenvalue weighted by Gasteiger charge is 2.34. The molecule has 27 heavy (non-hydrogen) atoms. The molecule has 3 rings (SSSR count). The number of hydrogen-bond acceptors (Lipinski definition) is 3. The van der Waals surface area contributed by atoms with Crippen LogP contribution in [0.2, 0.25) is 0 Å².